The van der Waals surface area contributed by atoms with Gasteiger partial charge in [0, 0.05) is 12.1 Å². The molecule has 134 valence electrons. The van der Waals surface area contributed by atoms with E-state index in [2.05, 4.69) is 6.07 Å². The molecule has 0 saturated carbocycles. The molecule has 0 aliphatic rings. The van der Waals surface area contributed by atoms with Crippen molar-refractivity contribution in [3.63, 3.8) is 0 Å². The van der Waals surface area contributed by atoms with E-state index in [4.69, 9.17) is 9.47 Å². The Kier molecular flexibility index (Phi) is 6.34. The molecule has 0 heterocycles. The van der Waals surface area contributed by atoms with E-state index in [1.54, 1.807) is 31.4 Å². The minimum atomic E-state index is -0.472. The number of hydrogen-bond acceptors (Lipinski definition) is 5. The van der Waals surface area contributed by atoms with Gasteiger partial charge in [-0.1, -0.05) is 13.0 Å². The van der Waals surface area contributed by atoms with Crippen LogP contribution in [0.25, 0.3) is 11.6 Å². The van der Waals surface area contributed by atoms with Gasteiger partial charge in [-0.05, 0) is 54.8 Å². The Hall–Kier alpha value is -3.33. The molecule has 0 aliphatic heterocycles. The molecule has 2 aromatic carbocycles. The predicted molar refractivity (Wildman–Crippen MR) is 100.0 cm³/mol. The van der Waals surface area contributed by atoms with Crippen LogP contribution in [0.1, 0.15) is 31.4 Å². The van der Waals surface area contributed by atoms with Gasteiger partial charge in [-0.3, -0.25) is 10.1 Å². The van der Waals surface area contributed by atoms with Crippen LogP contribution in [-0.2, 0) is 0 Å². The van der Waals surface area contributed by atoms with Crippen LogP contribution in [0.15, 0.2) is 42.5 Å². The molecule has 0 unspecified atom stereocenters. The lowest BCUT2D eigenvalue weighted by atomic mass is 10.0. The summed E-state index contributed by atoms with van der Waals surface area (Å²) in [5.41, 5.74) is 1.77. The molecule has 0 radical (unpaired) electrons. The minimum Gasteiger partial charge on any atom is -0.493 e. The van der Waals surface area contributed by atoms with Crippen LogP contribution in [0.3, 0.4) is 0 Å². The average molecular weight is 352 g/mol. The van der Waals surface area contributed by atoms with Crippen LogP contribution < -0.4 is 9.47 Å². The van der Waals surface area contributed by atoms with E-state index >= 15 is 0 Å². The third-order valence-corrected chi connectivity index (χ3v) is 3.91. The number of benzene rings is 2. The van der Waals surface area contributed by atoms with Crippen LogP contribution in [0.5, 0.6) is 11.5 Å². The molecular formula is C20H20N2O4. The van der Waals surface area contributed by atoms with Crippen LogP contribution in [0.2, 0.25) is 0 Å². The van der Waals surface area contributed by atoms with Gasteiger partial charge >= 0.3 is 0 Å². The molecule has 26 heavy (non-hydrogen) atoms. The van der Waals surface area contributed by atoms with Crippen molar-refractivity contribution in [1.82, 2.24) is 0 Å². The van der Waals surface area contributed by atoms with Crippen molar-refractivity contribution in [2.45, 2.75) is 26.4 Å². The summed E-state index contributed by atoms with van der Waals surface area (Å²) in [7, 11) is 1.56. The minimum absolute atomic E-state index is 0.0146. The summed E-state index contributed by atoms with van der Waals surface area (Å²) >= 11 is 0. The third kappa shape index (κ3) is 4.61. The third-order valence-electron chi connectivity index (χ3n) is 3.91. The molecule has 0 spiro atoms. The second-order valence-corrected chi connectivity index (χ2v) is 5.72. The van der Waals surface area contributed by atoms with Crippen LogP contribution in [0, 0.1) is 21.4 Å². The van der Waals surface area contributed by atoms with E-state index in [9.17, 15) is 15.4 Å². The average Bonchev–Trinajstić information content (AvgIpc) is 2.66. The molecule has 0 saturated heterocycles. The largest absolute Gasteiger partial charge is 0.493 e. The number of nitrogens with zero attached hydrogens (tertiary/aromatic N) is 2. The maximum atomic E-state index is 10.7. The highest BCUT2D eigenvalue weighted by atomic mass is 16.6. The van der Waals surface area contributed by atoms with Crippen LogP contribution >= 0.6 is 0 Å². The Labute approximate surface area is 152 Å². The number of hydrogen-bond donors (Lipinski definition) is 0. The SMILES string of the molecule is CC[C@H](C)Oc1ccc(/C=C(/C#N)c2ccc([N+](=O)[O-])cc2)cc1OC. The quantitative estimate of drug-likeness (QED) is 0.308. The van der Waals surface area contributed by atoms with Crippen molar-refractivity contribution < 1.29 is 14.4 Å². The molecule has 0 aromatic heterocycles. The zero-order chi connectivity index (χ0) is 19.1. The summed E-state index contributed by atoms with van der Waals surface area (Å²) in [6.45, 7) is 4.02. The second-order valence-electron chi connectivity index (χ2n) is 5.72. The molecule has 0 bridgehead atoms. The number of methoxy groups -OCH3 is 1. The summed E-state index contributed by atoms with van der Waals surface area (Å²) < 4.78 is 11.2. The van der Waals surface area contributed by atoms with Gasteiger partial charge in [0.1, 0.15) is 0 Å². The van der Waals surface area contributed by atoms with E-state index in [1.807, 2.05) is 26.0 Å². The van der Waals surface area contributed by atoms with Crippen molar-refractivity contribution in [2.24, 2.45) is 0 Å². The lowest BCUT2D eigenvalue weighted by Gasteiger charge is -2.15. The lowest BCUT2D eigenvalue weighted by Crippen LogP contribution is -2.10. The van der Waals surface area contributed by atoms with Crippen molar-refractivity contribution >= 4 is 17.3 Å². The number of nitro benzene ring substituents is 1. The fourth-order valence-corrected chi connectivity index (χ4v) is 2.28. The van der Waals surface area contributed by atoms with Gasteiger partial charge in [0.15, 0.2) is 11.5 Å². The standard InChI is InChI=1S/C20H20N2O4/c1-4-14(2)26-19-10-5-15(12-20(19)25-3)11-17(13-21)16-6-8-18(9-7-16)22(23)24/h5-12,14H,4H2,1-3H3/b17-11-/t14-/m0/s1. The first-order valence-electron chi connectivity index (χ1n) is 8.19. The summed E-state index contributed by atoms with van der Waals surface area (Å²) in [4.78, 5) is 10.3. The smallest absolute Gasteiger partial charge is 0.269 e. The van der Waals surface area contributed by atoms with E-state index in [1.165, 1.54) is 12.1 Å². The molecular weight excluding hydrogens is 332 g/mol. The normalized spacial score (nSPS) is 12.2. The van der Waals surface area contributed by atoms with E-state index in [-0.39, 0.29) is 11.8 Å². The van der Waals surface area contributed by atoms with Gasteiger partial charge in [0.05, 0.1) is 29.8 Å². The van der Waals surface area contributed by atoms with Gasteiger partial charge in [0.25, 0.3) is 5.69 Å². The summed E-state index contributed by atoms with van der Waals surface area (Å²) in [5.74, 6) is 1.23. The Morgan fingerprint density at radius 2 is 1.96 bits per heavy atom. The number of nitro groups is 1. The zero-order valence-corrected chi connectivity index (χ0v) is 14.9. The number of allylic oxidation sites excluding steroid dienone is 1. The Morgan fingerprint density at radius 1 is 1.27 bits per heavy atom. The first-order chi connectivity index (χ1) is 12.5. The van der Waals surface area contributed by atoms with Gasteiger partial charge < -0.3 is 9.47 Å². The highest BCUT2D eigenvalue weighted by Gasteiger charge is 2.10. The predicted octanol–water partition coefficient (Wildman–Crippen LogP) is 4.84. The maximum absolute atomic E-state index is 10.7. The monoisotopic (exact) mass is 352 g/mol. The molecule has 0 N–H and O–H groups in total. The van der Waals surface area contributed by atoms with Crippen molar-refractivity contribution in [2.75, 3.05) is 7.11 Å². The fraction of sp³-hybridized carbons (Fsp3) is 0.250. The van der Waals surface area contributed by atoms with E-state index in [0.29, 0.717) is 22.6 Å². The molecule has 2 aromatic rings. The van der Waals surface area contributed by atoms with E-state index < -0.39 is 4.92 Å². The molecule has 6 nitrogen and oxygen atoms in total. The molecule has 2 rings (SSSR count). The summed E-state index contributed by atoms with van der Waals surface area (Å²) in [5, 5.41) is 20.2. The van der Waals surface area contributed by atoms with Crippen molar-refractivity contribution in [3.05, 3.63) is 63.7 Å². The van der Waals surface area contributed by atoms with Crippen LogP contribution in [-0.4, -0.2) is 18.1 Å². The molecule has 6 heteroatoms. The zero-order valence-electron chi connectivity index (χ0n) is 14.9. The Balaban J connectivity index is 2.33. The molecule has 0 aliphatic carbocycles. The molecule has 0 amide bonds. The van der Waals surface area contributed by atoms with Gasteiger partial charge in [-0.15, -0.1) is 0 Å². The van der Waals surface area contributed by atoms with E-state index in [0.717, 1.165) is 12.0 Å². The first kappa shape index (κ1) is 19.0. The van der Waals surface area contributed by atoms with Crippen molar-refractivity contribution in [1.29, 1.82) is 5.26 Å². The Bertz CT molecular complexity index is 851. The number of non-ortho nitro benzene ring substituents is 1. The maximum Gasteiger partial charge on any atom is 0.269 e. The topological polar surface area (TPSA) is 85.4 Å². The molecule has 0 fully saturated rings. The van der Waals surface area contributed by atoms with Gasteiger partial charge in [0.2, 0.25) is 0 Å². The van der Waals surface area contributed by atoms with Crippen molar-refractivity contribution in [3.8, 4) is 17.6 Å². The molecule has 1 atom stereocenters. The lowest BCUT2D eigenvalue weighted by molar-refractivity contribution is -0.384. The highest BCUT2D eigenvalue weighted by molar-refractivity contribution is 5.90. The Morgan fingerprint density at radius 3 is 2.50 bits per heavy atom. The van der Waals surface area contributed by atoms with Gasteiger partial charge in [-0.2, -0.15) is 5.26 Å². The first-order valence-corrected chi connectivity index (χ1v) is 8.19. The number of nitriles is 1. The second kappa shape index (κ2) is 8.67. The summed E-state index contributed by atoms with van der Waals surface area (Å²) in [6.07, 6.45) is 2.65. The number of ether oxygens (including phenoxy) is 2. The fourth-order valence-electron chi connectivity index (χ4n) is 2.28. The number of rotatable bonds is 7. The van der Waals surface area contributed by atoms with Gasteiger partial charge in [-0.25, -0.2) is 0 Å². The highest BCUT2D eigenvalue weighted by Crippen LogP contribution is 2.31. The summed E-state index contributed by atoms with van der Waals surface area (Å²) in [6, 6.07) is 13.4. The van der Waals surface area contributed by atoms with Crippen LogP contribution in [0.4, 0.5) is 5.69 Å².